The number of carboxylic acid groups (broad SMARTS) is 1. The first-order valence-corrected chi connectivity index (χ1v) is 6.15. The fraction of sp³-hybridized carbons (Fsp3) is 0.0769. The molecular weight excluding hydrogens is 317 g/mol. The summed E-state index contributed by atoms with van der Waals surface area (Å²) in [5.74, 6) is -1.59. The van der Waals surface area contributed by atoms with Crippen LogP contribution in [0.25, 0.3) is 17.0 Å². The predicted octanol–water partition coefficient (Wildman–Crippen LogP) is 2.39. The molecule has 0 atom stereocenters. The quantitative estimate of drug-likeness (QED) is 0.795. The Labute approximate surface area is 125 Å². The maximum atomic E-state index is 12.3. The lowest BCUT2D eigenvalue weighted by molar-refractivity contribution is -0.274. The SMILES string of the molecule is O=C(O)c1ccc2nnc(-c3cccc(OC(F)(F)F)c3)n2n1. The van der Waals surface area contributed by atoms with Crippen molar-refractivity contribution in [3.63, 3.8) is 0 Å². The summed E-state index contributed by atoms with van der Waals surface area (Å²) < 4.78 is 41.8. The zero-order valence-electron chi connectivity index (χ0n) is 11.2. The fourth-order valence-corrected chi connectivity index (χ4v) is 1.92. The number of halogens is 3. The molecule has 0 saturated heterocycles. The van der Waals surface area contributed by atoms with Crippen LogP contribution in [0.2, 0.25) is 0 Å². The van der Waals surface area contributed by atoms with E-state index in [9.17, 15) is 18.0 Å². The highest BCUT2D eigenvalue weighted by Gasteiger charge is 2.31. The van der Waals surface area contributed by atoms with Crippen molar-refractivity contribution in [2.45, 2.75) is 6.36 Å². The number of hydrogen-bond donors (Lipinski definition) is 1. The van der Waals surface area contributed by atoms with E-state index >= 15 is 0 Å². The Morgan fingerprint density at radius 1 is 1.17 bits per heavy atom. The second-order valence-electron chi connectivity index (χ2n) is 4.39. The molecule has 118 valence electrons. The Balaban J connectivity index is 2.08. The third-order valence-corrected chi connectivity index (χ3v) is 2.81. The predicted molar refractivity (Wildman–Crippen MR) is 69.9 cm³/mol. The van der Waals surface area contributed by atoms with Crippen molar-refractivity contribution < 1.29 is 27.8 Å². The van der Waals surface area contributed by atoms with Gasteiger partial charge in [0.05, 0.1) is 0 Å². The maximum absolute atomic E-state index is 12.3. The highest BCUT2D eigenvalue weighted by atomic mass is 19.4. The smallest absolute Gasteiger partial charge is 0.476 e. The first-order chi connectivity index (χ1) is 10.8. The van der Waals surface area contributed by atoms with Gasteiger partial charge in [0.15, 0.2) is 17.2 Å². The average molecular weight is 324 g/mol. The first kappa shape index (κ1) is 14.8. The highest BCUT2D eigenvalue weighted by Crippen LogP contribution is 2.27. The summed E-state index contributed by atoms with van der Waals surface area (Å²) in [6.45, 7) is 0. The van der Waals surface area contributed by atoms with Crippen LogP contribution in [0, 0.1) is 0 Å². The number of alkyl halides is 3. The van der Waals surface area contributed by atoms with Gasteiger partial charge in [-0.25, -0.2) is 4.79 Å². The van der Waals surface area contributed by atoms with Crippen molar-refractivity contribution in [3.8, 4) is 17.1 Å². The van der Waals surface area contributed by atoms with Crippen LogP contribution in [0.5, 0.6) is 5.75 Å². The number of ether oxygens (including phenoxy) is 1. The lowest BCUT2D eigenvalue weighted by atomic mass is 10.2. The lowest BCUT2D eigenvalue weighted by Gasteiger charge is -2.09. The second-order valence-corrected chi connectivity index (χ2v) is 4.39. The van der Waals surface area contributed by atoms with Gasteiger partial charge in [-0.15, -0.1) is 23.4 Å². The van der Waals surface area contributed by atoms with E-state index in [0.717, 1.165) is 16.6 Å². The van der Waals surface area contributed by atoms with Crippen LogP contribution in [-0.2, 0) is 0 Å². The molecule has 0 spiro atoms. The average Bonchev–Trinajstić information content (AvgIpc) is 2.88. The summed E-state index contributed by atoms with van der Waals surface area (Å²) in [6, 6.07) is 7.71. The molecule has 2 aromatic heterocycles. The molecule has 0 unspecified atom stereocenters. The molecule has 0 aliphatic carbocycles. The van der Waals surface area contributed by atoms with Gasteiger partial charge in [-0.05, 0) is 24.3 Å². The van der Waals surface area contributed by atoms with Crippen LogP contribution in [0.15, 0.2) is 36.4 Å². The topological polar surface area (TPSA) is 89.6 Å². The first-order valence-electron chi connectivity index (χ1n) is 6.15. The Morgan fingerprint density at radius 3 is 2.65 bits per heavy atom. The molecule has 0 bridgehead atoms. The number of carbonyl (C=O) groups is 1. The monoisotopic (exact) mass is 324 g/mol. The van der Waals surface area contributed by atoms with Gasteiger partial charge in [0.25, 0.3) is 0 Å². The third kappa shape index (κ3) is 3.05. The van der Waals surface area contributed by atoms with Crippen molar-refractivity contribution in [3.05, 3.63) is 42.1 Å². The summed E-state index contributed by atoms with van der Waals surface area (Å²) in [6.07, 6.45) is -4.82. The van der Waals surface area contributed by atoms with Gasteiger partial charge in [-0.3, -0.25) is 0 Å². The molecule has 1 N–H and O–H groups in total. The van der Waals surface area contributed by atoms with Gasteiger partial charge < -0.3 is 9.84 Å². The standard InChI is InChI=1S/C13H7F3N4O3/c14-13(15,16)23-8-3-1-2-7(6-8)11-18-17-10-5-4-9(12(21)22)19-20(10)11/h1-6H,(H,21,22). The fourth-order valence-electron chi connectivity index (χ4n) is 1.92. The Bertz CT molecular complexity index is 892. The van der Waals surface area contributed by atoms with E-state index in [0.29, 0.717) is 0 Å². The summed E-state index contributed by atoms with van der Waals surface area (Å²) in [7, 11) is 0. The molecule has 2 heterocycles. The molecule has 0 aliphatic rings. The van der Waals surface area contributed by atoms with Gasteiger partial charge >= 0.3 is 12.3 Å². The summed E-state index contributed by atoms with van der Waals surface area (Å²) in [4.78, 5) is 11.0. The van der Waals surface area contributed by atoms with Crippen LogP contribution >= 0.6 is 0 Å². The van der Waals surface area contributed by atoms with Crippen molar-refractivity contribution in [1.82, 2.24) is 19.8 Å². The van der Waals surface area contributed by atoms with E-state index in [-0.39, 0.29) is 22.7 Å². The van der Waals surface area contributed by atoms with Crippen LogP contribution in [0.4, 0.5) is 13.2 Å². The van der Waals surface area contributed by atoms with Gasteiger partial charge in [0.2, 0.25) is 0 Å². The van der Waals surface area contributed by atoms with E-state index in [1.807, 2.05) is 0 Å². The molecule has 0 aliphatic heterocycles. The summed E-state index contributed by atoms with van der Waals surface area (Å²) >= 11 is 0. The number of rotatable bonds is 3. The minimum atomic E-state index is -4.82. The Hall–Kier alpha value is -3.17. The molecule has 3 aromatic rings. The normalized spacial score (nSPS) is 11.6. The molecule has 10 heteroatoms. The lowest BCUT2D eigenvalue weighted by Crippen LogP contribution is -2.17. The van der Waals surface area contributed by atoms with Crippen molar-refractivity contribution in [1.29, 1.82) is 0 Å². The maximum Gasteiger partial charge on any atom is 0.573 e. The van der Waals surface area contributed by atoms with Gasteiger partial charge in [-0.1, -0.05) is 12.1 Å². The molecular formula is C13H7F3N4O3. The van der Waals surface area contributed by atoms with E-state index in [1.165, 1.54) is 24.3 Å². The molecule has 23 heavy (non-hydrogen) atoms. The van der Waals surface area contributed by atoms with E-state index in [1.54, 1.807) is 0 Å². The molecule has 0 fully saturated rings. The summed E-state index contributed by atoms with van der Waals surface area (Å²) in [5, 5.41) is 20.4. The Kier molecular flexibility index (Phi) is 3.36. The van der Waals surface area contributed by atoms with Crippen molar-refractivity contribution in [2.75, 3.05) is 0 Å². The number of benzene rings is 1. The molecule has 3 rings (SSSR count). The van der Waals surface area contributed by atoms with Gasteiger partial charge in [0, 0.05) is 5.56 Å². The molecule has 0 saturated carbocycles. The van der Waals surface area contributed by atoms with Crippen molar-refractivity contribution in [2.24, 2.45) is 0 Å². The third-order valence-electron chi connectivity index (χ3n) is 2.81. The molecule has 0 amide bonds. The summed E-state index contributed by atoms with van der Waals surface area (Å²) in [5.41, 5.74) is 0.252. The number of hydrogen-bond acceptors (Lipinski definition) is 5. The molecule has 7 nitrogen and oxygen atoms in total. The van der Waals surface area contributed by atoms with Crippen molar-refractivity contribution >= 4 is 11.6 Å². The number of carboxylic acids is 1. The number of aromatic carboxylic acids is 1. The highest BCUT2D eigenvalue weighted by molar-refractivity contribution is 5.85. The number of aromatic nitrogens is 4. The van der Waals surface area contributed by atoms with E-state index in [2.05, 4.69) is 20.0 Å². The zero-order valence-corrected chi connectivity index (χ0v) is 11.2. The Morgan fingerprint density at radius 2 is 1.96 bits per heavy atom. The minimum absolute atomic E-state index is 0.0933. The van der Waals surface area contributed by atoms with E-state index < -0.39 is 18.1 Å². The van der Waals surface area contributed by atoms with Gasteiger partial charge in [-0.2, -0.15) is 9.61 Å². The van der Waals surface area contributed by atoms with E-state index in [4.69, 9.17) is 5.11 Å². The largest absolute Gasteiger partial charge is 0.573 e. The van der Waals surface area contributed by atoms with Crippen LogP contribution in [0.3, 0.4) is 0 Å². The number of fused-ring (bicyclic) bond motifs is 1. The number of nitrogens with zero attached hydrogens (tertiary/aromatic N) is 4. The van der Waals surface area contributed by atoms with Gasteiger partial charge in [0.1, 0.15) is 5.75 Å². The van der Waals surface area contributed by atoms with Crippen LogP contribution < -0.4 is 4.74 Å². The molecule has 1 aromatic carbocycles. The molecule has 0 radical (unpaired) electrons. The minimum Gasteiger partial charge on any atom is -0.476 e. The second kappa shape index (κ2) is 5.23. The van der Waals surface area contributed by atoms with Crippen LogP contribution in [0.1, 0.15) is 10.5 Å². The zero-order chi connectivity index (χ0) is 16.6. The van der Waals surface area contributed by atoms with Crippen LogP contribution in [-0.4, -0.2) is 37.2 Å².